The summed E-state index contributed by atoms with van der Waals surface area (Å²) >= 11 is 6.99. The van der Waals surface area contributed by atoms with Crippen molar-refractivity contribution >= 4 is 23.4 Å². The lowest BCUT2D eigenvalue weighted by Gasteiger charge is -2.04. The third-order valence-electron chi connectivity index (χ3n) is 2.18. The highest BCUT2D eigenvalue weighted by Gasteiger charge is 2.07. The zero-order chi connectivity index (χ0) is 13.1. The molecule has 0 unspecified atom stereocenters. The molecule has 1 nitrogen and oxygen atoms in total. The second kappa shape index (κ2) is 5.38. The van der Waals surface area contributed by atoms with Crippen LogP contribution in [-0.4, -0.2) is 0 Å². The van der Waals surface area contributed by atoms with E-state index in [1.807, 2.05) is 6.07 Å². The summed E-state index contributed by atoms with van der Waals surface area (Å²) in [6.45, 7) is 0. The molecular weight excluding hydrogens is 276 g/mol. The first-order valence-electron chi connectivity index (χ1n) is 4.92. The molecule has 2 aromatic carbocycles. The minimum atomic E-state index is -0.625. The minimum Gasteiger partial charge on any atom is -0.207 e. The average Bonchev–Trinajstić information content (AvgIpc) is 2.33. The van der Waals surface area contributed by atoms with Gasteiger partial charge in [-0.1, -0.05) is 23.4 Å². The Balaban J connectivity index is 2.29. The molecule has 0 bridgehead atoms. The SMILES string of the molecule is N#Cc1ccc(Sc2ccc(F)cc2F)cc1Cl. The number of nitriles is 1. The average molecular weight is 282 g/mol. The van der Waals surface area contributed by atoms with Crippen LogP contribution < -0.4 is 0 Å². The molecular formula is C13H6ClF2NS. The highest BCUT2D eigenvalue weighted by atomic mass is 35.5. The van der Waals surface area contributed by atoms with Crippen LogP contribution in [0.4, 0.5) is 8.78 Å². The number of hydrogen-bond donors (Lipinski definition) is 0. The number of benzene rings is 2. The van der Waals surface area contributed by atoms with Crippen molar-refractivity contribution in [1.29, 1.82) is 5.26 Å². The summed E-state index contributed by atoms with van der Waals surface area (Å²) in [6, 6.07) is 10.1. The van der Waals surface area contributed by atoms with Crippen molar-refractivity contribution in [2.45, 2.75) is 9.79 Å². The van der Waals surface area contributed by atoms with E-state index in [-0.39, 0.29) is 0 Å². The zero-order valence-electron chi connectivity index (χ0n) is 8.95. The lowest BCUT2D eigenvalue weighted by atomic mass is 10.2. The predicted molar refractivity (Wildman–Crippen MR) is 66.6 cm³/mol. The maximum atomic E-state index is 13.4. The fourth-order valence-corrected chi connectivity index (χ4v) is 2.48. The van der Waals surface area contributed by atoms with Gasteiger partial charge in [0.15, 0.2) is 0 Å². The smallest absolute Gasteiger partial charge is 0.140 e. The van der Waals surface area contributed by atoms with Gasteiger partial charge in [-0.3, -0.25) is 0 Å². The van der Waals surface area contributed by atoms with Gasteiger partial charge in [0.05, 0.1) is 10.6 Å². The van der Waals surface area contributed by atoms with Crippen LogP contribution in [0.1, 0.15) is 5.56 Å². The molecule has 0 radical (unpaired) electrons. The van der Waals surface area contributed by atoms with Crippen molar-refractivity contribution in [2.75, 3.05) is 0 Å². The van der Waals surface area contributed by atoms with E-state index in [9.17, 15) is 8.78 Å². The van der Waals surface area contributed by atoms with E-state index in [2.05, 4.69) is 0 Å². The van der Waals surface area contributed by atoms with Crippen LogP contribution in [0.3, 0.4) is 0 Å². The summed E-state index contributed by atoms with van der Waals surface area (Å²) in [4.78, 5) is 0.988. The van der Waals surface area contributed by atoms with Gasteiger partial charge in [0, 0.05) is 15.9 Å². The Kier molecular flexibility index (Phi) is 3.85. The Bertz CT molecular complexity index is 637. The second-order valence-corrected chi connectivity index (χ2v) is 4.95. The summed E-state index contributed by atoms with van der Waals surface area (Å²) < 4.78 is 26.2. The van der Waals surface area contributed by atoms with Gasteiger partial charge in [0.2, 0.25) is 0 Å². The van der Waals surface area contributed by atoms with Crippen LogP contribution in [-0.2, 0) is 0 Å². The number of nitrogens with zero attached hydrogens (tertiary/aromatic N) is 1. The van der Waals surface area contributed by atoms with E-state index >= 15 is 0 Å². The Labute approximate surface area is 112 Å². The molecule has 0 saturated heterocycles. The first-order valence-corrected chi connectivity index (χ1v) is 6.12. The van der Waals surface area contributed by atoms with Gasteiger partial charge in [-0.25, -0.2) is 8.78 Å². The van der Waals surface area contributed by atoms with E-state index in [1.54, 1.807) is 18.2 Å². The Morgan fingerprint density at radius 1 is 1.11 bits per heavy atom. The van der Waals surface area contributed by atoms with E-state index in [1.165, 1.54) is 12.1 Å². The summed E-state index contributed by atoms with van der Waals surface area (Å²) in [7, 11) is 0. The van der Waals surface area contributed by atoms with Gasteiger partial charge in [-0.15, -0.1) is 0 Å². The summed E-state index contributed by atoms with van der Waals surface area (Å²) in [5, 5.41) is 9.04. The van der Waals surface area contributed by atoms with Crippen LogP contribution >= 0.6 is 23.4 Å². The first kappa shape index (κ1) is 12.9. The van der Waals surface area contributed by atoms with Crippen LogP contribution in [0.5, 0.6) is 0 Å². The molecule has 0 saturated carbocycles. The normalized spacial score (nSPS) is 10.1. The lowest BCUT2D eigenvalue weighted by Crippen LogP contribution is -1.84. The zero-order valence-corrected chi connectivity index (χ0v) is 10.5. The topological polar surface area (TPSA) is 23.8 Å². The Morgan fingerprint density at radius 3 is 2.50 bits per heavy atom. The lowest BCUT2D eigenvalue weighted by molar-refractivity contribution is 0.565. The molecule has 0 amide bonds. The fourth-order valence-electron chi connectivity index (χ4n) is 1.33. The van der Waals surface area contributed by atoms with Crippen molar-refractivity contribution in [3.8, 4) is 6.07 Å². The van der Waals surface area contributed by atoms with Gasteiger partial charge in [0.1, 0.15) is 17.7 Å². The van der Waals surface area contributed by atoms with Gasteiger partial charge in [0.25, 0.3) is 0 Å². The monoisotopic (exact) mass is 281 g/mol. The van der Waals surface area contributed by atoms with Crippen molar-refractivity contribution < 1.29 is 8.78 Å². The second-order valence-electron chi connectivity index (χ2n) is 3.43. The third-order valence-corrected chi connectivity index (χ3v) is 3.54. The fraction of sp³-hybridized carbons (Fsp3) is 0. The molecule has 0 aliphatic rings. The molecule has 0 spiro atoms. The molecule has 18 heavy (non-hydrogen) atoms. The molecule has 0 fully saturated rings. The number of rotatable bonds is 2. The summed E-state index contributed by atoms with van der Waals surface area (Å²) in [5.74, 6) is -1.24. The Hall–Kier alpha value is -1.57. The largest absolute Gasteiger partial charge is 0.207 e. The molecule has 0 heterocycles. The molecule has 0 N–H and O–H groups in total. The van der Waals surface area contributed by atoms with E-state index in [4.69, 9.17) is 16.9 Å². The number of hydrogen-bond acceptors (Lipinski definition) is 2. The maximum absolute atomic E-state index is 13.4. The third kappa shape index (κ3) is 2.81. The van der Waals surface area contributed by atoms with E-state index in [0.717, 1.165) is 17.8 Å². The van der Waals surface area contributed by atoms with Gasteiger partial charge < -0.3 is 0 Å². The molecule has 0 aliphatic carbocycles. The molecule has 5 heteroatoms. The Morgan fingerprint density at radius 2 is 1.89 bits per heavy atom. The summed E-state index contributed by atoms with van der Waals surface area (Å²) in [5.41, 5.74) is 0.362. The highest BCUT2D eigenvalue weighted by molar-refractivity contribution is 7.99. The molecule has 2 rings (SSSR count). The van der Waals surface area contributed by atoms with E-state index < -0.39 is 11.6 Å². The van der Waals surface area contributed by atoms with Crippen LogP contribution in [0.25, 0.3) is 0 Å². The number of halogens is 3. The van der Waals surface area contributed by atoms with Gasteiger partial charge in [-0.2, -0.15) is 5.26 Å². The molecule has 0 atom stereocenters. The first-order chi connectivity index (χ1) is 8.60. The van der Waals surface area contributed by atoms with Gasteiger partial charge in [-0.05, 0) is 30.3 Å². The summed E-state index contributed by atoms with van der Waals surface area (Å²) in [6.07, 6.45) is 0. The molecule has 0 aromatic heterocycles. The quantitative estimate of drug-likeness (QED) is 0.800. The van der Waals surface area contributed by atoms with Crippen molar-refractivity contribution in [3.05, 3.63) is 58.6 Å². The van der Waals surface area contributed by atoms with Crippen LogP contribution in [0.15, 0.2) is 46.2 Å². The molecule has 90 valence electrons. The van der Waals surface area contributed by atoms with E-state index in [0.29, 0.717) is 20.4 Å². The van der Waals surface area contributed by atoms with Crippen molar-refractivity contribution in [2.24, 2.45) is 0 Å². The highest BCUT2D eigenvalue weighted by Crippen LogP contribution is 2.32. The van der Waals surface area contributed by atoms with Gasteiger partial charge >= 0.3 is 0 Å². The standard InChI is InChI=1S/C13H6ClF2NS/c14-11-6-10(3-1-8(11)7-17)18-13-4-2-9(15)5-12(13)16/h1-6H. The van der Waals surface area contributed by atoms with Crippen LogP contribution in [0, 0.1) is 23.0 Å². The predicted octanol–water partition coefficient (Wildman–Crippen LogP) is 4.64. The van der Waals surface area contributed by atoms with Crippen molar-refractivity contribution in [1.82, 2.24) is 0 Å². The molecule has 0 aliphatic heterocycles. The van der Waals surface area contributed by atoms with Crippen molar-refractivity contribution in [3.63, 3.8) is 0 Å². The van der Waals surface area contributed by atoms with Crippen LogP contribution in [0.2, 0.25) is 5.02 Å². The minimum absolute atomic E-state index is 0.303. The maximum Gasteiger partial charge on any atom is 0.140 e. The molecule has 2 aromatic rings.